The molecular weight excluding hydrogens is 456 g/mol. The highest BCUT2D eigenvalue weighted by molar-refractivity contribution is 5.44. The van der Waals surface area contributed by atoms with E-state index < -0.39 is 24.4 Å². The average molecular weight is 505 g/mol. The molecule has 4 unspecified atom stereocenters. The number of aliphatic hydroxyl groups is 6. The molecule has 0 amide bonds. The van der Waals surface area contributed by atoms with Crippen LogP contribution in [0.2, 0.25) is 0 Å². The van der Waals surface area contributed by atoms with E-state index >= 15 is 0 Å². The van der Waals surface area contributed by atoms with Crippen LogP contribution in [0.1, 0.15) is 79.1 Å². The van der Waals surface area contributed by atoms with Crippen molar-refractivity contribution < 1.29 is 30.6 Å². The summed E-state index contributed by atoms with van der Waals surface area (Å²) >= 11 is 0. The van der Waals surface area contributed by atoms with Gasteiger partial charge in [-0.1, -0.05) is 64.8 Å². The first-order valence-electron chi connectivity index (χ1n) is 13.3. The van der Waals surface area contributed by atoms with E-state index in [-0.39, 0.29) is 24.0 Å². The van der Waals surface area contributed by atoms with E-state index in [1.807, 2.05) is 27.7 Å². The van der Waals surface area contributed by atoms with Crippen LogP contribution in [0.3, 0.4) is 0 Å². The molecule has 0 aromatic carbocycles. The standard InChI is InChI=1S/C30H48O6/c1-29(2,19-31)13-7-5-9-21-15-25(33)17-23(27(21)35)11-12-24-18-26(34)16-22(28(24)36)10-6-8-14-30(3,4)20-32/h11-12,15-18,25-28,31-36H,5-10,13-14,19-20H2,1-4H3. The van der Waals surface area contributed by atoms with E-state index in [1.54, 1.807) is 36.5 Å². The van der Waals surface area contributed by atoms with Crippen molar-refractivity contribution in [2.24, 2.45) is 10.8 Å². The van der Waals surface area contributed by atoms with Crippen molar-refractivity contribution in [3.05, 3.63) is 58.7 Å². The Balaban J connectivity index is 1.94. The first-order chi connectivity index (χ1) is 16.9. The highest BCUT2D eigenvalue weighted by atomic mass is 16.3. The maximum absolute atomic E-state index is 10.9. The van der Waals surface area contributed by atoms with Gasteiger partial charge in [0.25, 0.3) is 0 Å². The number of rotatable bonds is 14. The van der Waals surface area contributed by atoms with Crippen LogP contribution in [0.4, 0.5) is 0 Å². The summed E-state index contributed by atoms with van der Waals surface area (Å²) in [5, 5.41) is 61.2. The summed E-state index contributed by atoms with van der Waals surface area (Å²) in [6.45, 7) is 8.40. The molecule has 4 atom stereocenters. The van der Waals surface area contributed by atoms with E-state index in [4.69, 9.17) is 0 Å². The van der Waals surface area contributed by atoms with Crippen molar-refractivity contribution in [3.8, 4) is 0 Å². The van der Waals surface area contributed by atoms with Crippen LogP contribution in [0.25, 0.3) is 0 Å². The summed E-state index contributed by atoms with van der Waals surface area (Å²) < 4.78 is 0. The Morgan fingerprint density at radius 2 is 0.972 bits per heavy atom. The predicted octanol–water partition coefficient (Wildman–Crippen LogP) is 3.88. The fourth-order valence-electron chi connectivity index (χ4n) is 4.67. The maximum Gasteiger partial charge on any atom is 0.1000 e. The lowest BCUT2D eigenvalue weighted by atomic mass is 9.85. The smallest absolute Gasteiger partial charge is 0.1000 e. The Labute approximate surface area is 217 Å². The lowest BCUT2D eigenvalue weighted by Crippen LogP contribution is -2.23. The van der Waals surface area contributed by atoms with Crippen molar-refractivity contribution in [2.75, 3.05) is 13.2 Å². The Bertz CT molecular complexity index is 791. The van der Waals surface area contributed by atoms with Crippen LogP contribution in [0, 0.1) is 10.8 Å². The monoisotopic (exact) mass is 504 g/mol. The Morgan fingerprint density at radius 3 is 1.31 bits per heavy atom. The molecule has 2 aliphatic rings. The molecule has 0 radical (unpaired) electrons. The van der Waals surface area contributed by atoms with Crippen LogP contribution >= 0.6 is 0 Å². The molecule has 0 aliphatic heterocycles. The van der Waals surface area contributed by atoms with Crippen molar-refractivity contribution in [1.29, 1.82) is 0 Å². The van der Waals surface area contributed by atoms with E-state index in [9.17, 15) is 30.6 Å². The minimum absolute atomic E-state index is 0.116. The SMILES string of the molecule is CC(C)(CO)CCCCC1=CC(O)C=C(C=CC2=CC(O)C=C(CCCCC(C)(C)CO)C2O)C1O. The maximum atomic E-state index is 10.9. The quantitative estimate of drug-likeness (QED) is 0.158. The van der Waals surface area contributed by atoms with Gasteiger partial charge in [-0.05, 0) is 83.8 Å². The zero-order valence-corrected chi connectivity index (χ0v) is 22.5. The third kappa shape index (κ3) is 9.73. The fourth-order valence-corrected chi connectivity index (χ4v) is 4.67. The van der Waals surface area contributed by atoms with Crippen LogP contribution in [-0.4, -0.2) is 68.3 Å². The predicted molar refractivity (Wildman–Crippen MR) is 144 cm³/mol. The van der Waals surface area contributed by atoms with Crippen LogP contribution in [0.15, 0.2) is 58.7 Å². The molecule has 0 aromatic heterocycles. The van der Waals surface area contributed by atoms with Crippen LogP contribution in [0.5, 0.6) is 0 Å². The Kier molecular flexibility index (Phi) is 11.8. The molecule has 2 rings (SSSR count). The number of unbranched alkanes of at least 4 members (excludes halogenated alkanes) is 2. The third-order valence-corrected chi connectivity index (χ3v) is 7.29. The lowest BCUT2D eigenvalue weighted by Gasteiger charge is -2.25. The fraction of sp³-hybridized carbons (Fsp3) is 0.667. The summed E-state index contributed by atoms with van der Waals surface area (Å²) in [5.74, 6) is 0. The molecule has 0 heterocycles. The van der Waals surface area contributed by atoms with Gasteiger partial charge in [-0.2, -0.15) is 0 Å². The zero-order chi connectivity index (χ0) is 26.9. The summed E-state index contributed by atoms with van der Waals surface area (Å²) in [7, 11) is 0. The number of hydrogen-bond acceptors (Lipinski definition) is 6. The van der Waals surface area contributed by atoms with Gasteiger partial charge < -0.3 is 30.6 Å². The molecule has 0 aromatic rings. The lowest BCUT2D eigenvalue weighted by molar-refractivity contribution is 0.147. The summed E-state index contributed by atoms with van der Waals surface area (Å²) in [6, 6.07) is 0. The molecule has 0 fully saturated rings. The number of hydrogen-bond donors (Lipinski definition) is 6. The second-order valence-corrected chi connectivity index (χ2v) is 12.0. The Morgan fingerprint density at radius 1 is 0.611 bits per heavy atom. The van der Waals surface area contributed by atoms with E-state index in [0.717, 1.165) is 49.7 Å². The summed E-state index contributed by atoms with van der Waals surface area (Å²) in [6.07, 6.45) is 13.4. The molecule has 0 spiro atoms. The second-order valence-electron chi connectivity index (χ2n) is 12.0. The first kappa shape index (κ1) is 30.7. The van der Waals surface area contributed by atoms with Gasteiger partial charge >= 0.3 is 0 Å². The highest BCUT2D eigenvalue weighted by Gasteiger charge is 2.24. The van der Waals surface area contributed by atoms with Gasteiger partial charge in [0.05, 0.1) is 24.4 Å². The van der Waals surface area contributed by atoms with Crippen molar-refractivity contribution in [1.82, 2.24) is 0 Å². The number of aliphatic hydroxyl groups excluding tert-OH is 6. The van der Waals surface area contributed by atoms with Crippen molar-refractivity contribution in [2.45, 2.75) is 103 Å². The molecule has 6 heteroatoms. The summed E-state index contributed by atoms with van der Waals surface area (Å²) in [5.41, 5.74) is 2.46. The van der Waals surface area contributed by atoms with Crippen molar-refractivity contribution in [3.63, 3.8) is 0 Å². The molecule has 36 heavy (non-hydrogen) atoms. The molecular formula is C30H48O6. The zero-order valence-electron chi connectivity index (χ0n) is 22.5. The molecule has 2 aliphatic carbocycles. The minimum atomic E-state index is -0.827. The molecule has 204 valence electrons. The molecule has 0 saturated heterocycles. The van der Waals surface area contributed by atoms with Gasteiger partial charge in [-0.15, -0.1) is 0 Å². The largest absolute Gasteiger partial charge is 0.396 e. The van der Waals surface area contributed by atoms with Crippen molar-refractivity contribution >= 4 is 0 Å². The van der Waals surface area contributed by atoms with E-state index in [0.29, 0.717) is 24.0 Å². The first-order valence-corrected chi connectivity index (χ1v) is 13.3. The average Bonchev–Trinajstić information content (AvgIpc) is 2.82. The molecule has 0 saturated carbocycles. The Hall–Kier alpha value is -1.54. The van der Waals surface area contributed by atoms with Gasteiger partial charge in [0, 0.05) is 13.2 Å². The molecule has 6 N–H and O–H groups in total. The van der Waals surface area contributed by atoms with Crippen LogP contribution in [-0.2, 0) is 0 Å². The highest BCUT2D eigenvalue weighted by Crippen LogP contribution is 2.30. The molecule has 6 nitrogen and oxygen atoms in total. The van der Waals surface area contributed by atoms with Gasteiger partial charge in [0.2, 0.25) is 0 Å². The second kappa shape index (κ2) is 13.8. The third-order valence-electron chi connectivity index (χ3n) is 7.29. The minimum Gasteiger partial charge on any atom is -0.396 e. The van der Waals surface area contributed by atoms with E-state index in [2.05, 4.69) is 0 Å². The van der Waals surface area contributed by atoms with Gasteiger partial charge in [0.1, 0.15) is 0 Å². The van der Waals surface area contributed by atoms with Crippen LogP contribution < -0.4 is 0 Å². The van der Waals surface area contributed by atoms with Gasteiger partial charge in [0.15, 0.2) is 0 Å². The molecule has 0 bridgehead atoms. The van der Waals surface area contributed by atoms with Gasteiger partial charge in [-0.3, -0.25) is 0 Å². The van der Waals surface area contributed by atoms with E-state index in [1.165, 1.54) is 0 Å². The topological polar surface area (TPSA) is 121 Å². The summed E-state index contributed by atoms with van der Waals surface area (Å²) in [4.78, 5) is 0. The van der Waals surface area contributed by atoms with Gasteiger partial charge in [-0.25, -0.2) is 0 Å². The normalized spacial score (nSPS) is 25.5.